The fraction of sp³-hybridized carbons (Fsp3) is 0.762. The molecule has 2 aliphatic rings. The second kappa shape index (κ2) is 8.02. The predicted molar refractivity (Wildman–Crippen MR) is 120 cm³/mol. The largest absolute Gasteiger partial charge is 0.547 e. The molecular formula is C21H39NO5Si2. The average Bonchev–Trinajstić information content (AvgIpc) is 3.04. The first kappa shape index (κ1) is 23.9. The molecule has 1 unspecified atom stereocenters. The van der Waals surface area contributed by atoms with Crippen molar-refractivity contribution >= 4 is 22.7 Å². The number of carbonyl (C=O) groups is 1. The molecule has 0 aromatic carbocycles. The maximum atomic E-state index is 13.1. The van der Waals surface area contributed by atoms with E-state index in [1.807, 2.05) is 25.7 Å². The number of rotatable bonds is 6. The first-order valence-corrected chi connectivity index (χ1v) is 17.2. The van der Waals surface area contributed by atoms with Crippen LogP contribution in [0.4, 0.5) is 4.79 Å². The molecule has 2 rings (SSSR count). The highest BCUT2D eigenvalue weighted by atomic mass is 28.4. The minimum atomic E-state index is -1.91. The Labute approximate surface area is 178 Å². The molecule has 0 N–H and O–H groups in total. The van der Waals surface area contributed by atoms with E-state index in [0.717, 1.165) is 18.4 Å². The quantitative estimate of drug-likeness (QED) is 0.405. The zero-order chi connectivity index (χ0) is 22.4. The molecule has 0 aromatic rings. The minimum Gasteiger partial charge on any atom is -0.547 e. The van der Waals surface area contributed by atoms with Crippen molar-refractivity contribution in [3.63, 3.8) is 0 Å². The van der Waals surface area contributed by atoms with E-state index in [1.54, 1.807) is 7.11 Å². The van der Waals surface area contributed by atoms with Crippen molar-refractivity contribution in [1.29, 1.82) is 0 Å². The van der Waals surface area contributed by atoms with Crippen molar-refractivity contribution in [2.24, 2.45) is 5.92 Å². The average molecular weight is 442 g/mol. The molecule has 0 saturated carbocycles. The molecule has 166 valence electrons. The molecule has 8 heteroatoms. The summed E-state index contributed by atoms with van der Waals surface area (Å²) < 4.78 is 24.0. The van der Waals surface area contributed by atoms with Crippen LogP contribution in [0.3, 0.4) is 0 Å². The fourth-order valence-electron chi connectivity index (χ4n) is 4.07. The van der Waals surface area contributed by atoms with Crippen LogP contribution < -0.4 is 0 Å². The number of hydrogen-bond donors (Lipinski definition) is 0. The summed E-state index contributed by atoms with van der Waals surface area (Å²) in [5.41, 5.74) is 0.420. The van der Waals surface area contributed by atoms with Gasteiger partial charge in [-0.15, -0.1) is 0 Å². The molecule has 0 radical (unpaired) electrons. The summed E-state index contributed by atoms with van der Waals surface area (Å²) in [5.74, 6) is 1.09. The molecule has 2 heterocycles. The second-order valence-electron chi connectivity index (χ2n) is 10.9. The van der Waals surface area contributed by atoms with Crippen LogP contribution in [-0.2, 0) is 18.3 Å². The van der Waals surface area contributed by atoms with Gasteiger partial charge in [0, 0.05) is 11.6 Å². The molecule has 3 atom stereocenters. The molecule has 0 aromatic heterocycles. The number of fused-ring (bicyclic) bond motifs is 2. The Hall–Kier alpha value is -1.42. The fourth-order valence-corrected chi connectivity index (χ4v) is 5.74. The highest BCUT2D eigenvalue weighted by Gasteiger charge is 2.57. The zero-order valence-corrected chi connectivity index (χ0v) is 21.8. The summed E-state index contributed by atoms with van der Waals surface area (Å²) in [4.78, 5) is 14.9. The standard InChI is InChI=1S/C21H39NO5Si2/c1-14(26-28(6,7)8)17-15-12-13-16(22(15)20(23)25-21(2,3)4)18(17)19(24-5)27-29(9,10)11/h15-17H,1,12-13H2,2-11H3/b19-18-/t15-,16+,17?/m0/s1. The molecule has 2 saturated heterocycles. The summed E-state index contributed by atoms with van der Waals surface area (Å²) in [5, 5.41) is 0. The van der Waals surface area contributed by atoms with Crippen LogP contribution in [0.25, 0.3) is 0 Å². The number of methoxy groups -OCH3 is 1. The Balaban J connectivity index is 2.50. The maximum absolute atomic E-state index is 13.1. The number of ether oxygens (including phenoxy) is 2. The third kappa shape index (κ3) is 5.81. The van der Waals surface area contributed by atoms with Crippen molar-refractivity contribution in [3.8, 4) is 0 Å². The molecular weight excluding hydrogens is 402 g/mol. The molecule has 2 bridgehead atoms. The van der Waals surface area contributed by atoms with E-state index in [1.165, 1.54) is 0 Å². The normalized spacial score (nSPS) is 26.3. The van der Waals surface area contributed by atoms with E-state index in [4.69, 9.17) is 18.3 Å². The van der Waals surface area contributed by atoms with E-state index in [2.05, 4.69) is 45.9 Å². The zero-order valence-electron chi connectivity index (χ0n) is 19.8. The monoisotopic (exact) mass is 441 g/mol. The van der Waals surface area contributed by atoms with Crippen molar-refractivity contribution in [3.05, 3.63) is 23.9 Å². The summed E-state index contributed by atoms with van der Waals surface area (Å²) in [6.45, 7) is 22.7. The van der Waals surface area contributed by atoms with Gasteiger partial charge in [-0.1, -0.05) is 6.58 Å². The lowest BCUT2D eigenvalue weighted by atomic mass is 9.83. The van der Waals surface area contributed by atoms with Gasteiger partial charge in [0.05, 0.1) is 24.8 Å². The van der Waals surface area contributed by atoms with Gasteiger partial charge in [0.1, 0.15) is 5.60 Å². The lowest BCUT2D eigenvalue weighted by molar-refractivity contribution is 0.0209. The third-order valence-corrected chi connectivity index (χ3v) is 6.39. The summed E-state index contributed by atoms with van der Waals surface area (Å²) in [6, 6.07) is -0.169. The Morgan fingerprint density at radius 1 is 1.03 bits per heavy atom. The van der Waals surface area contributed by atoms with Crippen LogP contribution in [0.2, 0.25) is 39.3 Å². The third-order valence-electron chi connectivity index (χ3n) is 4.72. The summed E-state index contributed by atoms with van der Waals surface area (Å²) in [7, 11) is -2.14. The van der Waals surface area contributed by atoms with Crippen molar-refractivity contribution in [1.82, 2.24) is 4.90 Å². The van der Waals surface area contributed by atoms with Crippen LogP contribution in [0.1, 0.15) is 33.6 Å². The van der Waals surface area contributed by atoms with E-state index < -0.39 is 22.2 Å². The van der Waals surface area contributed by atoms with Crippen LogP contribution in [0, 0.1) is 5.92 Å². The summed E-state index contributed by atoms with van der Waals surface area (Å²) >= 11 is 0. The minimum absolute atomic E-state index is 0.0518. The van der Waals surface area contributed by atoms with E-state index in [-0.39, 0.29) is 24.1 Å². The molecule has 2 fully saturated rings. The Bertz CT molecular complexity index is 685. The van der Waals surface area contributed by atoms with E-state index in [0.29, 0.717) is 11.7 Å². The van der Waals surface area contributed by atoms with Gasteiger partial charge in [-0.3, -0.25) is 4.90 Å². The second-order valence-corrected chi connectivity index (χ2v) is 19.7. The molecule has 2 aliphatic heterocycles. The van der Waals surface area contributed by atoms with Crippen LogP contribution in [-0.4, -0.2) is 52.4 Å². The SMILES string of the molecule is C=C(O[Si](C)(C)C)C1/C(=C(/OC)O[Si](C)(C)C)[C@H]2CC[C@@H]1N2C(=O)OC(C)(C)C. The van der Waals surface area contributed by atoms with E-state index >= 15 is 0 Å². The maximum Gasteiger partial charge on any atom is 0.411 e. The van der Waals surface area contributed by atoms with Gasteiger partial charge in [0.15, 0.2) is 0 Å². The lowest BCUT2D eigenvalue weighted by Gasteiger charge is -2.32. The predicted octanol–water partition coefficient (Wildman–Crippen LogP) is 5.46. The molecule has 6 nitrogen and oxygen atoms in total. The highest BCUT2D eigenvalue weighted by Crippen LogP contribution is 2.51. The number of hydrogen-bond acceptors (Lipinski definition) is 5. The molecule has 0 spiro atoms. The van der Waals surface area contributed by atoms with Crippen LogP contribution in [0.15, 0.2) is 23.9 Å². The molecule has 29 heavy (non-hydrogen) atoms. The highest BCUT2D eigenvalue weighted by molar-refractivity contribution is 6.70. The first-order chi connectivity index (χ1) is 13.0. The topological polar surface area (TPSA) is 57.2 Å². The van der Waals surface area contributed by atoms with E-state index in [9.17, 15) is 4.79 Å². The van der Waals surface area contributed by atoms with Gasteiger partial charge in [0.2, 0.25) is 16.6 Å². The van der Waals surface area contributed by atoms with Gasteiger partial charge in [-0.05, 0) is 72.9 Å². The van der Waals surface area contributed by atoms with Crippen molar-refractivity contribution in [2.75, 3.05) is 7.11 Å². The van der Waals surface area contributed by atoms with Crippen molar-refractivity contribution < 1.29 is 23.1 Å². The number of amides is 1. The molecule has 0 aliphatic carbocycles. The first-order valence-electron chi connectivity index (χ1n) is 10.4. The number of carbonyl (C=O) groups excluding carboxylic acids is 1. The Morgan fingerprint density at radius 2 is 1.59 bits per heavy atom. The molecule has 1 amide bonds. The summed E-state index contributed by atoms with van der Waals surface area (Å²) in [6.07, 6.45) is 1.45. The van der Waals surface area contributed by atoms with Crippen LogP contribution >= 0.6 is 0 Å². The Kier molecular flexibility index (Phi) is 6.60. The van der Waals surface area contributed by atoms with Crippen LogP contribution in [0.5, 0.6) is 0 Å². The van der Waals surface area contributed by atoms with Gasteiger partial charge in [-0.25, -0.2) is 4.79 Å². The van der Waals surface area contributed by atoms with Gasteiger partial charge in [-0.2, -0.15) is 0 Å². The smallest absolute Gasteiger partial charge is 0.411 e. The lowest BCUT2D eigenvalue weighted by Crippen LogP contribution is -2.41. The van der Waals surface area contributed by atoms with Crippen molar-refractivity contribution in [2.45, 2.75) is 90.6 Å². The Morgan fingerprint density at radius 3 is 2.03 bits per heavy atom. The number of nitrogens with zero attached hydrogens (tertiary/aromatic N) is 1. The van der Waals surface area contributed by atoms with Gasteiger partial charge < -0.3 is 18.3 Å². The van der Waals surface area contributed by atoms with Gasteiger partial charge >= 0.3 is 6.09 Å². The van der Waals surface area contributed by atoms with Gasteiger partial charge in [0.25, 0.3) is 5.95 Å².